The van der Waals surface area contributed by atoms with Gasteiger partial charge in [0, 0.05) is 12.1 Å². The lowest BCUT2D eigenvalue weighted by molar-refractivity contribution is 0.279. The molecule has 0 atom stereocenters. The maximum absolute atomic E-state index is 6.17. The number of hydrogen-bond donors (Lipinski definition) is 0. The zero-order valence-corrected chi connectivity index (χ0v) is 16.2. The van der Waals surface area contributed by atoms with Crippen LogP contribution in [0.5, 0.6) is 0 Å². The molecular formula is C18H29ClO2Si. The van der Waals surface area contributed by atoms with Gasteiger partial charge in [-0.1, -0.05) is 38.4 Å². The van der Waals surface area contributed by atoms with Crippen molar-refractivity contribution in [1.29, 1.82) is 0 Å². The second-order valence-corrected chi connectivity index (χ2v) is 12.1. The molecule has 1 rings (SSSR count). The van der Waals surface area contributed by atoms with Gasteiger partial charge in [-0.2, -0.15) is 0 Å². The van der Waals surface area contributed by atoms with Crippen LogP contribution in [0.1, 0.15) is 51.6 Å². The van der Waals surface area contributed by atoms with E-state index in [1.165, 1.54) is 5.54 Å². The molecule has 1 heterocycles. The van der Waals surface area contributed by atoms with Crippen LogP contribution in [0.2, 0.25) is 18.1 Å². The zero-order valence-electron chi connectivity index (χ0n) is 14.5. The topological polar surface area (TPSA) is 22.4 Å². The molecule has 0 aliphatic heterocycles. The van der Waals surface area contributed by atoms with Gasteiger partial charge in [-0.15, -0.1) is 0 Å². The van der Waals surface area contributed by atoms with Gasteiger partial charge >= 0.3 is 0 Å². The Bertz CT molecular complexity index is 495. The first-order chi connectivity index (χ1) is 10.3. The quantitative estimate of drug-likeness (QED) is 0.388. The van der Waals surface area contributed by atoms with E-state index >= 15 is 0 Å². The third-order valence-electron chi connectivity index (χ3n) is 4.19. The van der Waals surface area contributed by atoms with Crippen LogP contribution in [0.15, 0.2) is 28.2 Å². The molecule has 0 aromatic carbocycles. The normalized spacial score (nSPS) is 13.5. The first kappa shape index (κ1) is 19.3. The minimum absolute atomic E-state index is 0.293. The van der Waals surface area contributed by atoms with Gasteiger partial charge in [-0.25, -0.2) is 0 Å². The van der Waals surface area contributed by atoms with Crippen LogP contribution >= 0.6 is 11.6 Å². The van der Waals surface area contributed by atoms with Crippen LogP contribution in [0, 0.1) is 0 Å². The molecule has 0 saturated carbocycles. The summed E-state index contributed by atoms with van der Waals surface area (Å²) in [7, 11) is -1.58. The van der Waals surface area contributed by atoms with Crippen LogP contribution < -0.4 is 0 Å². The van der Waals surface area contributed by atoms with Gasteiger partial charge in [-0.05, 0) is 61.7 Å². The third-order valence-corrected chi connectivity index (χ3v) is 8.86. The van der Waals surface area contributed by atoms with Crippen LogP contribution in [0.25, 0.3) is 12.2 Å². The Labute approximate surface area is 141 Å². The second kappa shape index (κ2) is 8.75. The third kappa shape index (κ3) is 6.55. The van der Waals surface area contributed by atoms with Crippen molar-refractivity contribution < 1.29 is 8.84 Å². The molecule has 22 heavy (non-hydrogen) atoms. The average molecular weight is 341 g/mol. The van der Waals surface area contributed by atoms with Gasteiger partial charge in [0.1, 0.15) is 11.5 Å². The Morgan fingerprint density at radius 2 is 1.77 bits per heavy atom. The summed E-state index contributed by atoms with van der Waals surface area (Å²) in [5.41, 5.74) is 1.45. The largest absolute Gasteiger partial charge is 0.457 e. The van der Waals surface area contributed by atoms with Gasteiger partial charge in [0.05, 0.1) is 0 Å². The molecule has 0 spiro atoms. The Balaban J connectivity index is 2.21. The lowest BCUT2D eigenvalue weighted by atomic mass is 10.2. The molecule has 1 aromatic rings. The fourth-order valence-corrected chi connectivity index (χ4v) is 2.93. The summed E-state index contributed by atoms with van der Waals surface area (Å²) in [5.74, 6) is 1.64. The van der Waals surface area contributed by atoms with Crippen molar-refractivity contribution in [3.63, 3.8) is 0 Å². The van der Waals surface area contributed by atoms with E-state index in [-0.39, 0.29) is 0 Å². The van der Waals surface area contributed by atoms with Gasteiger partial charge in [0.2, 0.25) is 0 Å². The smallest absolute Gasteiger partial charge is 0.191 e. The first-order valence-corrected chi connectivity index (χ1v) is 11.3. The second-order valence-electron chi connectivity index (χ2n) is 7.04. The minimum Gasteiger partial charge on any atom is -0.457 e. The highest BCUT2D eigenvalue weighted by molar-refractivity contribution is 6.74. The average Bonchev–Trinajstić information content (AvgIpc) is 2.84. The molecule has 0 aliphatic rings. The molecule has 124 valence electrons. The number of hydrogen-bond acceptors (Lipinski definition) is 2. The lowest BCUT2D eigenvalue weighted by Gasteiger charge is -2.36. The number of allylic oxidation sites excluding steroid dienone is 1. The highest BCUT2D eigenvalue weighted by Crippen LogP contribution is 2.36. The minimum atomic E-state index is -1.58. The summed E-state index contributed by atoms with van der Waals surface area (Å²) in [6.45, 7) is 12.3. The van der Waals surface area contributed by atoms with Gasteiger partial charge in [0.25, 0.3) is 0 Å². The summed E-state index contributed by atoms with van der Waals surface area (Å²) < 4.78 is 11.7. The van der Waals surface area contributed by atoms with E-state index in [2.05, 4.69) is 39.9 Å². The van der Waals surface area contributed by atoms with E-state index in [4.69, 9.17) is 20.4 Å². The van der Waals surface area contributed by atoms with E-state index in [1.807, 2.05) is 18.2 Å². The van der Waals surface area contributed by atoms with Crippen LogP contribution in [0.4, 0.5) is 0 Å². The van der Waals surface area contributed by atoms with Crippen molar-refractivity contribution in [3.05, 3.63) is 35.3 Å². The Hall–Kier alpha value is -0.773. The first-order valence-electron chi connectivity index (χ1n) is 7.93. The van der Waals surface area contributed by atoms with Crippen LogP contribution in [0.3, 0.4) is 0 Å². The molecule has 0 amide bonds. The number of unbranched alkanes of at least 4 members (excludes halogenated alkanes) is 2. The molecule has 0 N–H and O–H groups in total. The summed E-state index contributed by atoms with van der Waals surface area (Å²) in [6, 6.07) is 3.86. The molecule has 4 heteroatoms. The number of halogens is 1. The maximum Gasteiger partial charge on any atom is 0.191 e. The van der Waals surface area contributed by atoms with Gasteiger partial charge < -0.3 is 8.84 Å². The Morgan fingerprint density at radius 3 is 2.36 bits per heavy atom. The monoisotopic (exact) mass is 340 g/mol. The zero-order chi connectivity index (χ0) is 16.6. The highest BCUT2D eigenvalue weighted by Gasteiger charge is 2.36. The molecule has 0 aliphatic carbocycles. The van der Waals surface area contributed by atoms with Crippen molar-refractivity contribution in [2.45, 2.75) is 58.2 Å². The molecule has 0 bridgehead atoms. The molecule has 0 radical (unpaired) electrons. The van der Waals surface area contributed by atoms with Crippen molar-refractivity contribution in [1.82, 2.24) is 0 Å². The van der Waals surface area contributed by atoms with E-state index in [1.54, 1.807) is 6.08 Å². The molecular weight excluding hydrogens is 312 g/mol. The molecule has 0 unspecified atom stereocenters. The van der Waals surface area contributed by atoms with E-state index in [0.717, 1.165) is 37.4 Å². The number of rotatable bonds is 8. The molecule has 2 nitrogen and oxygen atoms in total. The van der Waals surface area contributed by atoms with Crippen LogP contribution in [-0.4, -0.2) is 14.9 Å². The Morgan fingerprint density at radius 1 is 1.14 bits per heavy atom. The summed E-state index contributed by atoms with van der Waals surface area (Å²) in [6.07, 6.45) is 9.19. The predicted octanol–water partition coefficient (Wildman–Crippen LogP) is 6.69. The summed E-state index contributed by atoms with van der Waals surface area (Å²) in [4.78, 5) is 0. The van der Waals surface area contributed by atoms with E-state index in [0.29, 0.717) is 5.04 Å². The van der Waals surface area contributed by atoms with Gasteiger partial charge in [0.15, 0.2) is 8.32 Å². The molecule has 1 aromatic heterocycles. The molecule has 0 saturated heterocycles. The standard InChI is InChI=1S/C18H29ClO2Si/c1-18(2,3)22(4,5)20-15-9-7-6-8-10-16-11-12-17(21-16)13-14-19/h8,10-14H,6-7,9,15H2,1-5H3. The van der Waals surface area contributed by atoms with Crippen molar-refractivity contribution in [2.24, 2.45) is 0 Å². The number of furan rings is 1. The summed E-state index contributed by atoms with van der Waals surface area (Å²) >= 11 is 5.51. The predicted molar refractivity (Wildman–Crippen MR) is 99.6 cm³/mol. The Kier molecular flexibility index (Phi) is 7.67. The van der Waals surface area contributed by atoms with Crippen LogP contribution in [-0.2, 0) is 4.43 Å². The van der Waals surface area contributed by atoms with E-state index < -0.39 is 8.32 Å². The summed E-state index contributed by atoms with van der Waals surface area (Å²) in [5, 5.41) is 0.293. The highest BCUT2D eigenvalue weighted by atomic mass is 35.5. The van der Waals surface area contributed by atoms with Gasteiger partial charge in [-0.3, -0.25) is 0 Å². The lowest BCUT2D eigenvalue weighted by Crippen LogP contribution is -2.40. The van der Waals surface area contributed by atoms with E-state index in [9.17, 15) is 0 Å². The molecule has 0 fully saturated rings. The van der Waals surface area contributed by atoms with Crippen molar-refractivity contribution in [3.8, 4) is 0 Å². The van der Waals surface area contributed by atoms with Crippen molar-refractivity contribution >= 4 is 32.1 Å². The van der Waals surface area contributed by atoms with Crippen molar-refractivity contribution in [2.75, 3.05) is 6.61 Å². The SMILES string of the molecule is CC(C)(C)[Si](C)(C)OCCCCC=Cc1ccc(C=CCl)o1. The fourth-order valence-electron chi connectivity index (χ4n) is 1.72. The fraction of sp³-hybridized carbons (Fsp3) is 0.556. The maximum atomic E-state index is 6.17.